The first-order valence-corrected chi connectivity index (χ1v) is 11.2. The van der Waals surface area contributed by atoms with E-state index in [-0.39, 0.29) is 18.1 Å². The Morgan fingerprint density at radius 2 is 1.57 bits per heavy atom. The van der Waals surface area contributed by atoms with Gasteiger partial charge in [0.05, 0.1) is 30.6 Å². The average Bonchev–Trinajstić information content (AvgIpc) is 3.31. The number of methoxy groups -OCH3 is 1. The van der Waals surface area contributed by atoms with Crippen LogP contribution in [0.1, 0.15) is 26.4 Å². The van der Waals surface area contributed by atoms with Gasteiger partial charge in [0.15, 0.2) is 5.78 Å². The van der Waals surface area contributed by atoms with Crippen LogP contribution >= 0.6 is 0 Å². The molecule has 6 nitrogen and oxygen atoms in total. The van der Waals surface area contributed by atoms with Crippen LogP contribution in [0, 0.1) is 0 Å². The first kappa shape index (κ1) is 22.3. The minimum absolute atomic E-state index is 0.157. The molecule has 3 aromatic carbocycles. The summed E-state index contributed by atoms with van der Waals surface area (Å²) in [7, 11) is 1.55. The summed E-state index contributed by atoms with van der Waals surface area (Å²) in [4.78, 5) is 30.6. The van der Waals surface area contributed by atoms with Crippen molar-refractivity contribution < 1.29 is 14.3 Å². The molecule has 0 aliphatic carbocycles. The molecule has 0 bridgehead atoms. The molecule has 0 saturated heterocycles. The summed E-state index contributed by atoms with van der Waals surface area (Å²) in [5.74, 6) is 0.0924. The number of carbonyl (C=O) groups is 2. The van der Waals surface area contributed by atoms with E-state index in [2.05, 4.69) is 17.1 Å². The van der Waals surface area contributed by atoms with Crippen LogP contribution in [-0.2, 0) is 0 Å². The van der Waals surface area contributed by atoms with Crippen molar-refractivity contribution in [1.29, 1.82) is 0 Å². The molecular formula is C29H23N3O3. The van der Waals surface area contributed by atoms with Gasteiger partial charge in [-0.2, -0.15) is 0 Å². The van der Waals surface area contributed by atoms with Gasteiger partial charge in [-0.05, 0) is 35.4 Å². The summed E-state index contributed by atoms with van der Waals surface area (Å²) in [5.41, 5.74) is 11.3. The van der Waals surface area contributed by atoms with Crippen molar-refractivity contribution in [2.24, 2.45) is 5.73 Å². The lowest BCUT2D eigenvalue weighted by atomic mass is 10.0. The lowest BCUT2D eigenvalue weighted by Gasteiger charge is -2.07. The van der Waals surface area contributed by atoms with Crippen LogP contribution in [0.2, 0.25) is 0 Å². The van der Waals surface area contributed by atoms with Crippen molar-refractivity contribution in [3.05, 3.63) is 114 Å². The minimum atomic E-state index is -0.247. The van der Waals surface area contributed by atoms with Gasteiger partial charge in [-0.25, -0.2) is 4.98 Å². The second-order valence-corrected chi connectivity index (χ2v) is 8.10. The van der Waals surface area contributed by atoms with Crippen molar-refractivity contribution in [2.45, 2.75) is 0 Å². The van der Waals surface area contributed by atoms with E-state index in [1.807, 2.05) is 48.5 Å². The van der Waals surface area contributed by atoms with E-state index in [9.17, 15) is 9.59 Å². The van der Waals surface area contributed by atoms with Gasteiger partial charge in [0, 0.05) is 16.7 Å². The Morgan fingerprint density at radius 3 is 2.29 bits per heavy atom. The number of benzene rings is 3. The molecule has 0 unspecified atom stereocenters. The molecule has 0 atom stereocenters. The molecule has 0 aliphatic heterocycles. The molecule has 172 valence electrons. The van der Waals surface area contributed by atoms with E-state index >= 15 is 0 Å². The van der Waals surface area contributed by atoms with Gasteiger partial charge in [-0.3, -0.25) is 14.0 Å². The lowest BCUT2D eigenvalue weighted by Crippen LogP contribution is -2.13. The van der Waals surface area contributed by atoms with Crippen LogP contribution in [0.25, 0.3) is 27.9 Å². The molecule has 0 saturated carbocycles. The Bertz CT molecular complexity index is 1540. The van der Waals surface area contributed by atoms with Gasteiger partial charge in [-0.15, -0.1) is 0 Å². The fraction of sp³-hybridized carbons (Fsp3) is 0.0690. The maximum atomic E-state index is 13.3. The number of fused-ring (bicyclic) bond motifs is 1. The quantitative estimate of drug-likeness (QED) is 0.343. The second kappa shape index (κ2) is 9.37. The molecular weight excluding hydrogens is 438 g/mol. The SMILES string of the molecule is COc1cccc(C(=O)c2cc(C(=O)CN)c3cc(-c4ccc(-c5ccccc5)cc4)ncn23)c1. The Labute approximate surface area is 202 Å². The van der Waals surface area contributed by atoms with Gasteiger partial charge in [0.1, 0.15) is 12.1 Å². The fourth-order valence-electron chi connectivity index (χ4n) is 4.14. The number of hydrogen-bond acceptors (Lipinski definition) is 5. The van der Waals surface area contributed by atoms with Crippen LogP contribution in [-0.4, -0.2) is 34.6 Å². The first-order chi connectivity index (χ1) is 17.1. The molecule has 0 radical (unpaired) electrons. The van der Waals surface area contributed by atoms with E-state index in [4.69, 9.17) is 10.5 Å². The maximum Gasteiger partial charge on any atom is 0.209 e. The van der Waals surface area contributed by atoms with Crippen LogP contribution in [0.3, 0.4) is 0 Å². The molecule has 5 rings (SSSR count). The Hall–Kier alpha value is -4.55. The summed E-state index contributed by atoms with van der Waals surface area (Å²) >= 11 is 0. The van der Waals surface area contributed by atoms with Gasteiger partial charge < -0.3 is 10.5 Å². The summed E-state index contributed by atoms with van der Waals surface area (Å²) in [5, 5.41) is 0. The summed E-state index contributed by atoms with van der Waals surface area (Å²) < 4.78 is 6.89. The van der Waals surface area contributed by atoms with Crippen molar-refractivity contribution in [3.8, 4) is 28.1 Å². The highest BCUT2D eigenvalue weighted by Gasteiger charge is 2.21. The largest absolute Gasteiger partial charge is 0.497 e. The molecule has 2 heterocycles. The topological polar surface area (TPSA) is 86.7 Å². The van der Waals surface area contributed by atoms with Gasteiger partial charge in [0.2, 0.25) is 5.78 Å². The highest BCUT2D eigenvalue weighted by atomic mass is 16.5. The van der Waals surface area contributed by atoms with Crippen LogP contribution in [0.5, 0.6) is 5.75 Å². The Kier molecular flexibility index (Phi) is 5.95. The zero-order valence-electron chi connectivity index (χ0n) is 19.1. The van der Waals surface area contributed by atoms with E-state index in [1.54, 1.807) is 48.2 Å². The van der Waals surface area contributed by atoms with Crippen LogP contribution in [0.15, 0.2) is 97.3 Å². The first-order valence-electron chi connectivity index (χ1n) is 11.2. The predicted octanol–water partition coefficient (Wildman–Crippen LogP) is 5.05. The number of nitrogens with two attached hydrogens (primary N) is 1. The zero-order chi connectivity index (χ0) is 24.4. The summed E-state index contributed by atoms with van der Waals surface area (Å²) in [6.45, 7) is -0.157. The predicted molar refractivity (Wildman–Crippen MR) is 136 cm³/mol. The third kappa shape index (κ3) is 4.23. The third-order valence-electron chi connectivity index (χ3n) is 6.00. The molecule has 2 aromatic heterocycles. The molecule has 0 fully saturated rings. The number of Topliss-reactive ketones (excluding diaryl/α,β-unsaturated/α-hetero) is 1. The Morgan fingerprint density at radius 1 is 0.857 bits per heavy atom. The summed E-state index contributed by atoms with van der Waals surface area (Å²) in [6.07, 6.45) is 1.58. The summed E-state index contributed by atoms with van der Waals surface area (Å²) in [6, 6.07) is 28.5. The highest BCUT2D eigenvalue weighted by molar-refractivity contribution is 6.13. The third-order valence-corrected chi connectivity index (χ3v) is 6.00. The van der Waals surface area contributed by atoms with Gasteiger partial charge in [-0.1, -0.05) is 66.7 Å². The maximum absolute atomic E-state index is 13.3. The molecule has 0 spiro atoms. The average molecular weight is 462 g/mol. The standard InChI is InChI=1S/C29H23N3O3/c1-35-23-9-5-8-22(14-23)29(34)27-15-24(28(33)17-30)26-16-25(31-18-32(26)27)21-12-10-20(11-13-21)19-6-3-2-4-7-19/h2-16,18H,17,30H2,1H3. The molecule has 2 N–H and O–H groups in total. The van der Waals surface area contributed by atoms with Gasteiger partial charge >= 0.3 is 0 Å². The smallest absolute Gasteiger partial charge is 0.209 e. The number of nitrogens with zero attached hydrogens (tertiary/aromatic N) is 2. The van der Waals surface area contributed by atoms with Crippen LogP contribution < -0.4 is 10.5 Å². The van der Waals surface area contributed by atoms with Gasteiger partial charge in [0.25, 0.3) is 0 Å². The molecule has 6 heteroatoms. The number of ether oxygens (including phenoxy) is 1. The molecule has 0 aliphatic rings. The van der Waals surface area contributed by atoms with Crippen molar-refractivity contribution >= 4 is 17.1 Å². The minimum Gasteiger partial charge on any atom is -0.497 e. The normalized spacial score (nSPS) is 10.9. The Balaban J connectivity index is 1.57. The van der Waals surface area contributed by atoms with E-state index in [0.717, 1.165) is 16.7 Å². The van der Waals surface area contributed by atoms with Crippen molar-refractivity contribution in [2.75, 3.05) is 13.7 Å². The van der Waals surface area contributed by atoms with E-state index < -0.39 is 0 Å². The number of rotatable bonds is 7. The van der Waals surface area contributed by atoms with E-state index in [1.165, 1.54) is 0 Å². The lowest BCUT2D eigenvalue weighted by molar-refractivity contribution is 0.100. The second-order valence-electron chi connectivity index (χ2n) is 8.10. The fourth-order valence-corrected chi connectivity index (χ4v) is 4.14. The number of carbonyl (C=O) groups excluding carboxylic acids is 2. The van der Waals surface area contributed by atoms with Crippen molar-refractivity contribution in [3.63, 3.8) is 0 Å². The van der Waals surface area contributed by atoms with Crippen molar-refractivity contribution in [1.82, 2.24) is 9.38 Å². The van der Waals surface area contributed by atoms with E-state index in [0.29, 0.717) is 33.8 Å². The highest BCUT2D eigenvalue weighted by Crippen LogP contribution is 2.27. The zero-order valence-corrected chi connectivity index (χ0v) is 19.1. The molecule has 35 heavy (non-hydrogen) atoms. The molecule has 5 aromatic rings. The number of ketones is 2. The monoisotopic (exact) mass is 461 g/mol. The van der Waals surface area contributed by atoms with Crippen LogP contribution in [0.4, 0.5) is 0 Å². The molecule has 0 amide bonds. The number of aromatic nitrogens is 2. The number of hydrogen-bond donors (Lipinski definition) is 1.